The molecule has 0 saturated carbocycles. The number of rotatable bonds is 5. The number of nitrogens with zero attached hydrogens (tertiary/aromatic N) is 1. The third-order valence-electron chi connectivity index (χ3n) is 3.05. The Hall–Kier alpha value is -1.66. The normalized spacial score (nSPS) is 11.0. The van der Waals surface area contributed by atoms with Crippen LogP contribution in [0.25, 0.3) is 10.2 Å². The third kappa shape index (κ3) is 3.23. The minimum Gasteiger partial charge on any atom is -0.494 e. The van der Waals surface area contributed by atoms with Crippen LogP contribution in [0.5, 0.6) is 5.75 Å². The summed E-state index contributed by atoms with van der Waals surface area (Å²) in [5.74, 6) is -0.0220. The first-order valence-corrected chi connectivity index (χ1v) is 8.56. The lowest BCUT2D eigenvalue weighted by atomic mass is 10.2. The lowest BCUT2D eigenvalue weighted by molar-refractivity contribution is 0.341. The molecular formula is C16H13F2NOS2. The first kappa shape index (κ1) is 15.2. The summed E-state index contributed by atoms with van der Waals surface area (Å²) in [4.78, 5) is 4.47. The van der Waals surface area contributed by atoms with Crippen LogP contribution in [0.1, 0.15) is 12.5 Å². The molecule has 0 N–H and O–H groups in total. The van der Waals surface area contributed by atoms with Crippen LogP contribution in [-0.4, -0.2) is 11.6 Å². The van der Waals surface area contributed by atoms with Crippen molar-refractivity contribution in [2.24, 2.45) is 0 Å². The van der Waals surface area contributed by atoms with Gasteiger partial charge in [0.05, 0.1) is 16.8 Å². The van der Waals surface area contributed by atoms with Crippen LogP contribution in [-0.2, 0) is 5.75 Å². The Balaban J connectivity index is 1.79. The van der Waals surface area contributed by atoms with Crippen molar-refractivity contribution in [2.45, 2.75) is 17.0 Å². The quantitative estimate of drug-likeness (QED) is 0.593. The highest BCUT2D eigenvalue weighted by molar-refractivity contribution is 8.00. The van der Waals surface area contributed by atoms with Gasteiger partial charge in [0.1, 0.15) is 17.4 Å². The van der Waals surface area contributed by atoms with E-state index in [1.165, 1.54) is 41.3 Å². The molecule has 1 aromatic heterocycles. The molecule has 0 aliphatic heterocycles. The Labute approximate surface area is 135 Å². The van der Waals surface area contributed by atoms with Crippen LogP contribution in [0.2, 0.25) is 0 Å². The average molecular weight is 337 g/mol. The molecule has 2 nitrogen and oxygen atoms in total. The van der Waals surface area contributed by atoms with Gasteiger partial charge in [-0.3, -0.25) is 0 Å². The molecule has 1 heterocycles. The molecule has 114 valence electrons. The standard InChI is InChI=1S/C16H13F2NOS2/c1-2-20-10-6-7-14-15(8-10)22-16(19-14)21-9-11-12(17)4-3-5-13(11)18/h3-8H,2,9H2,1H3. The molecule has 0 atom stereocenters. The molecule has 0 spiro atoms. The number of fused-ring (bicyclic) bond motifs is 1. The molecule has 0 bridgehead atoms. The van der Waals surface area contributed by atoms with Gasteiger partial charge in [0.25, 0.3) is 0 Å². The number of hydrogen-bond donors (Lipinski definition) is 0. The van der Waals surface area contributed by atoms with Gasteiger partial charge in [-0.1, -0.05) is 17.8 Å². The fourth-order valence-electron chi connectivity index (χ4n) is 2.01. The molecule has 6 heteroatoms. The Bertz CT molecular complexity index is 784. The molecule has 0 aliphatic carbocycles. The van der Waals surface area contributed by atoms with Crippen molar-refractivity contribution in [2.75, 3.05) is 6.61 Å². The lowest BCUT2D eigenvalue weighted by Gasteiger charge is -2.02. The van der Waals surface area contributed by atoms with Crippen molar-refractivity contribution in [3.63, 3.8) is 0 Å². The topological polar surface area (TPSA) is 22.1 Å². The summed E-state index contributed by atoms with van der Waals surface area (Å²) < 4.78 is 34.5. The highest BCUT2D eigenvalue weighted by Crippen LogP contribution is 2.34. The van der Waals surface area contributed by atoms with E-state index < -0.39 is 11.6 Å². The smallest absolute Gasteiger partial charge is 0.151 e. The third-order valence-corrected chi connectivity index (χ3v) is 5.24. The summed E-state index contributed by atoms with van der Waals surface area (Å²) in [6.45, 7) is 2.54. The van der Waals surface area contributed by atoms with Crippen molar-refractivity contribution in [1.82, 2.24) is 4.98 Å². The van der Waals surface area contributed by atoms with Crippen molar-refractivity contribution in [3.8, 4) is 5.75 Å². The van der Waals surface area contributed by atoms with Gasteiger partial charge in [0.2, 0.25) is 0 Å². The Morgan fingerprint density at radius 2 is 1.95 bits per heavy atom. The van der Waals surface area contributed by atoms with Gasteiger partial charge in [0.15, 0.2) is 4.34 Å². The maximum atomic E-state index is 13.6. The van der Waals surface area contributed by atoms with Crippen molar-refractivity contribution >= 4 is 33.3 Å². The predicted molar refractivity (Wildman–Crippen MR) is 86.7 cm³/mol. The second-order valence-corrected chi connectivity index (χ2v) is 6.78. The van der Waals surface area contributed by atoms with Gasteiger partial charge in [-0.15, -0.1) is 11.3 Å². The number of hydrogen-bond acceptors (Lipinski definition) is 4. The summed E-state index contributed by atoms with van der Waals surface area (Å²) in [6.07, 6.45) is 0. The van der Waals surface area contributed by atoms with Gasteiger partial charge in [-0.05, 0) is 37.3 Å². The first-order chi connectivity index (χ1) is 10.7. The molecule has 3 aromatic rings. The van der Waals surface area contributed by atoms with E-state index in [-0.39, 0.29) is 11.3 Å². The van der Waals surface area contributed by atoms with E-state index in [2.05, 4.69) is 4.98 Å². The van der Waals surface area contributed by atoms with E-state index in [4.69, 9.17) is 4.74 Å². The number of ether oxygens (including phenoxy) is 1. The van der Waals surface area contributed by atoms with Crippen LogP contribution in [0.4, 0.5) is 8.78 Å². The van der Waals surface area contributed by atoms with Crippen LogP contribution in [0.15, 0.2) is 40.7 Å². The lowest BCUT2D eigenvalue weighted by Crippen LogP contribution is -1.92. The van der Waals surface area contributed by atoms with E-state index in [9.17, 15) is 8.78 Å². The SMILES string of the molecule is CCOc1ccc2nc(SCc3c(F)cccc3F)sc2c1. The number of aromatic nitrogens is 1. The number of halogens is 2. The van der Waals surface area contributed by atoms with E-state index in [0.29, 0.717) is 6.61 Å². The van der Waals surface area contributed by atoms with E-state index in [1.54, 1.807) is 0 Å². The second kappa shape index (κ2) is 6.62. The molecule has 0 saturated heterocycles. The maximum Gasteiger partial charge on any atom is 0.151 e. The van der Waals surface area contributed by atoms with Gasteiger partial charge < -0.3 is 4.74 Å². The molecule has 3 rings (SSSR count). The Morgan fingerprint density at radius 3 is 2.68 bits per heavy atom. The van der Waals surface area contributed by atoms with Crippen molar-refractivity contribution in [1.29, 1.82) is 0 Å². The second-order valence-electron chi connectivity index (χ2n) is 4.53. The molecule has 0 fully saturated rings. The average Bonchev–Trinajstić information content (AvgIpc) is 2.89. The molecule has 22 heavy (non-hydrogen) atoms. The van der Waals surface area contributed by atoms with Crippen molar-refractivity contribution < 1.29 is 13.5 Å². The molecule has 0 amide bonds. The summed E-state index contributed by atoms with van der Waals surface area (Å²) in [5.41, 5.74) is 0.951. The Kier molecular flexibility index (Phi) is 4.59. The zero-order valence-corrected chi connectivity index (χ0v) is 13.4. The largest absolute Gasteiger partial charge is 0.494 e. The fourth-order valence-corrected chi connectivity index (χ4v) is 4.12. The fraction of sp³-hybridized carbons (Fsp3) is 0.188. The van der Waals surface area contributed by atoms with Crippen LogP contribution >= 0.6 is 23.1 Å². The van der Waals surface area contributed by atoms with Crippen molar-refractivity contribution in [3.05, 3.63) is 53.6 Å². The monoisotopic (exact) mass is 337 g/mol. The van der Waals surface area contributed by atoms with Gasteiger partial charge in [-0.2, -0.15) is 0 Å². The zero-order chi connectivity index (χ0) is 15.5. The van der Waals surface area contributed by atoms with Gasteiger partial charge in [-0.25, -0.2) is 13.8 Å². The molecule has 0 aliphatic rings. The number of benzene rings is 2. The summed E-state index contributed by atoms with van der Waals surface area (Å²) in [7, 11) is 0. The summed E-state index contributed by atoms with van der Waals surface area (Å²) in [6, 6.07) is 9.61. The molecule has 0 radical (unpaired) electrons. The first-order valence-electron chi connectivity index (χ1n) is 6.76. The van der Waals surface area contributed by atoms with Crippen LogP contribution in [0, 0.1) is 11.6 Å². The number of thioether (sulfide) groups is 1. The molecule has 2 aromatic carbocycles. The van der Waals surface area contributed by atoms with Gasteiger partial charge >= 0.3 is 0 Å². The number of thiazole rings is 1. The maximum absolute atomic E-state index is 13.6. The highest BCUT2D eigenvalue weighted by atomic mass is 32.2. The molecule has 0 unspecified atom stereocenters. The zero-order valence-electron chi connectivity index (χ0n) is 11.8. The minimum absolute atomic E-state index is 0.0850. The molecular weight excluding hydrogens is 324 g/mol. The Morgan fingerprint density at radius 1 is 1.18 bits per heavy atom. The highest BCUT2D eigenvalue weighted by Gasteiger charge is 2.11. The summed E-state index contributed by atoms with van der Waals surface area (Å²) in [5, 5.41) is 0. The minimum atomic E-state index is -0.521. The summed E-state index contributed by atoms with van der Waals surface area (Å²) >= 11 is 2.83. The van der Waals surface area contributed by atoms with E-state index in [1.807, 2.05) is 25.1 Å². The van der Waals surface area contributed by atoms with Crippen LogP contribution in [0.3, 0.4) is 0 Å². The predicted octanol–water partition coefficient (Wildman–Crippen LogP) is 5.27. The van der Waals surface area contributed by atoms with E-state index >= 15 is 0 Å². The van der Waals surface area contributed by atoms with Gasteiger partial charge in [0, 0.05) is 11.3 Å². The van der Waals surface area contributed by atoms with E-state index in [0.717, 1.165) is 20.3 Å². The van der Waals surface area contributed by atoms with Crippen LogP contribution < -0.4 is 4.74 Å².